The van der Waals surface area contributed by atoms with E-state index in [2.05, 4.69) is 10.2 Å². The molecule has 1 aromatic heterocycles. The van der Waals surface area contributed by atoms with Crippen LogP contribution in [0.3, 0.4) is 0 Å². The van der Waals surface area contributed by atoms with Gasteiger partial charge in [0.25, 0.3) is 11.5 Å². The summed E-state index contributed by atoms with van der Waals surface area (Å²) in [5.41, 5.74) is 1.24. The number of hydrogen-bond acceptors (Lipinski definition) is 5. The second-order valence-corrected chi connectivity index (χ2v) is 9.36. The zero-order valence-corrected chi connectivity index (χ0v) is 18.9. The van der Waals surface area contributed by atoms with Gasteiger partial charge in [-0.3, -0.25) is 9.59 Å². The molecular weight excluding hydrogens is 382 g/mol. The molecule has 0 saturated carbocycles. The van der Waals surface area contributed by atoms with Crippen molar-refractivity contribution in [2.75, 3.05) is 39.4 Å². The summed E-state index contributed by atoms with van der Waals surface area (Å²) in [7, 11) is 0. The van der Waals surface area contributed by atoms with Gasteiger partial charge in [-0.15, -0.1) is 0 Å². The van der Waals surface area contributed by atoms with Crippen molar-refractivity contribution in [1.29, 1.82) is 0 Å². The molecule has 2 aliphatic heterocycles. The minimum Gasteiger partial charge on any atom is -0.388 e. The number of carbonyl (C=O) groups excluding carboxylic acids is 1. The lowest BCUT2D eigenvalue weighted by molar-refractivity contribution is -0.0829. The van der Waals surface area contributed by atoms with Crippen LogP contribution in [0, 0.1) is 19.8 Å². The molecule has 0 radical (unpaired) electrons. The molecule has 1 amide bonds. The quantitative estimate of drug-likeness (QED) is 0.737. The Labute approximate surface area is 179 Å². The number of β-amino-alcohol motifs (C(OH)–C–C–N with tert-alkyl or cyclic N) is 1. The maximum Gasteiger partial charge on any atom is 0.263 e. The third-order valence-corrected chi connectivity index (χ3v) is 6.70. The largest absolute Gasteiger partial charge is 0.388 e. The van der Waals surface area contributed by atoms with Crippen molar-refractivity contribution in [2.24, 2.45) is 5.92 Å². The fraction of sp³-hybridized carbons (Fsp3) is 0.739. The van der Waals surface area contributed by atoms with Gasteiger partial charge >= 0.3 is 0 Å². The molecule has 0 bridgehead atoms. The Bertz CT molecular complexity index is 803. The average Bonchev–Trinajstić information content (AvgIpc) is 2.70. The molecule has 30 heavy (non-hydrogen) atoms. The maximum absolute atomic E-state index is 12.8. The number of aromatic nitrogens is 1. The van der Waals surface area contributed by atoms with Crippen LogP contribution in [0.15, 0.2) is 10.9 Å². The highest BCUT2D eigenvalue weighted by Crippen LogP contribution is 2.25. The van der Waals surface area contributed by atoms with Crippen molar-refractivity contribution in [3.8, 4) is 0 Å². The molecule has 0 atom stereocenters. The van der Waals surface area contributed by atoms with E-state index < -0.39 is 5.60 Å². The number of aliphatic hydroxyl groups is 1. The van der Waals surface area contributed by atoms with Crippen molar-refractivity contribution >= 4 is 5.91 Å². The van der Waals surface area contributed by atoms with Crippen LogP contribution in [-0.4, -0.2) is 65.5 Å². The lowest BCUT2D eigenvalue weighted by atomic mass is 9.91. The summed E-state index contributed by atoms with van der Waals surface area (Å²) in [6.45, 7) is 12.2. The first-order valence-electron chi connectivity index (χ1n) is 11.2. The van der Waals surface area contributed by atoms with E-state index in [9.17, 15) is 14.7 Å². The number of rotatable bonds is 6. The van der Waals surface area contributed by atoms with Gasteiger partial charge in [0.05, 0.1) is 5.60 Å². The molecule has 1 aromatic rings. The summed E-state index contributed by atoms with van der Waals surface area (Å²) >= 11 is 0. The monoisotopic (exact) mass is 419 g/mol. The van der Waals surface area contributed by atoms with E-state index in [-0.39, 0.29) is 23.1 Å². The molecule has 3 heterocycles. The van der Waals surface area contributed by atoms with E-state index in [1.54, 1.807) is 10.6 Å². The number of hydrogen-bond donors (Lipinski definition) is 2. The first kappa shape index (κ1) is 23.0. The summed E-state index contributed by atoms with van der Waals surface area (Å²) in [5, 5.41) is 13.7. The Morgan fingerprint density at radius 1 is 1.27 bits per heavy atom. The highest BCUT2D eigenvalue weighted by molar-refractivity contribution is 5.94. The molecule has 0 spiro atoms. The third-order valence-electron chi connectivity index (χ3n) is 6.70. The molecule has 7 heteroatoms. The van der Waals surface area contributed by atoms with Crippen LogP contribution in [0.4, 0.5) is 0 Å². The number of piperidine rings is 1. The fourth-order valence-corrected chi connectivity index (χ4v) is 4.65. The number of aryl methyl sites for hydroxylation is 1. The van der Waals surface area contributed by atoms with Gasteiger partial charge in [0.1, 0.15) is 5.56 Å². The Morgan fingerprint density at radius 2 is 1.90 bits per heavy atom. The molecule has 2 aliphatic rings. The van der Waals surface area contributed by atoms with Crippen molar-refractivity contribution in [2.45, 2.75) is 65.0 Å². The van der Waals surface area contributed by atoms with Gasteiger partial charge < -0.3 is 24.6 Å². The standard InChI is InChI=1S/C23H37N3O4/c1-16(2)26-18(4)17(3)13-20(22(26)28)21(27)24-14-19-5-9-25(10-6-19)15-23(29)7-11-30-12-8-23/h13,16,19,29H,5-12,14-15H2,1-4H3,(H,24,27). The van der Waals surface area contributed by atoms with Gasteiger partial charge in [0, 0.05) is 50.9 Å². The van der Waals surface area contributed by atoms with E-state index in [1.807, 2.05) is 27.7 Å². The Hall–Kier alpha value is -1.70. The lowest BCUT2D eigenvalue weighted by Gasteiger charge is -2.39. The first-order valence-corrected chi connectivity index (χ1v) is 11.2. The maximum atomic E-state index is 12.8. The van der Waals surface area contributed by atoms with Gasteiger partial charge in [-0.1, -0.05) is 0 Å². The van der Waals surface area contributed by atoms with Gasteiger partial charge in [0.15, 0.2) is 0 Å². The van der Waals surface area contributed by atoms with E-state index in [0.717, 1.165) is 37.2 Å². The van der Waals surface area contributed by atoms with Crippen LogP contribution >= 0.6 is 0 Å². The Kier molecular flexibility index (Phi) is 7.37. The zero-order valence-electron chi connectivity index (χ0n) is 18.9. The summed E-state index contributed by atoms with van der Waals surface area (Å²) in [6, 6.07) is 1.72. The normalized spacial score (nSPS) is 20.5. The summed E-state index contributed by atoms with van der Waals surface area (Å²) in [6.07, 6.45) is 3.37. The van der Waals surface area contributed by atoms with E-state index in [1.165, 1.54) is 0 Å². The number of likely N-dealkylation sites (tertiary alicyclic amines) is 1. The van der Waals surface area contributed by atoms with Crippen LogP contribution in [0.2, 0.25) is 0 Å². The van der Waals surface area contributed by atoms with Crippen LogP contribution in [0.5, 0.6) is 0 Å². The highest BCUT2D eigenvalue weighted by Gasteiger charge is 2.33. The molecule has 0 aromatic carbocycles. The lowest BCUT2D eigenvalue weighted by Crippen LogP contribution is -2.49. The van der Waals surface area contributed by atoms with E-state index >= 15 is 0 Å². The van der Waals surface area contributed by atoms with Crippen LogP contribution < -0.4 is 10.9 Å². The van der Waals surface area contributed by atoms with Crippen molar-refractivity contribution in [1.82, 2.24) is 14.8 Å². The molecule has 2 N–H and O–H groups in total. The molecule has 168 valence electrons. The average molecular weight is 420 g/mol. The smallest absolute Gasteiger partial charge is 0.263 e. The second kappa shape index (κ2) is 9.62. The zero-order chi connectivity index (χ0) is 21.9. The minimum absolute atomic E-state index is 0.0128. The summed E-state index contributed by atoms with van der Waals surface area (Å²) in [5.74, 6) is 0.116. The van der Waals surface area contributed by atoms with Crippen LogP contribution in [0.1, 0.15) is 67.2 Å². The number of nitrogens with one attached hydrogen (secondary N) is 1. The number of carbonyl (C=O) groups is 1. The third kappa shape index (κ3) is 5.31. The molecule has 0 aliphatic carbocycles. The molecule has 0 unspecified atom stereocenters. The molecule has 2 saturated heterocycles. The first-order chi connectivity index (χ1) is 14.2. The summed E-state index contributed by atoms with van der Waals surface area (Å²) < 4.78 is 7.06. The predicted octanol–water partition coefficient (Wildman–Crippen LogP) is 2.03. The van der Waals surface area contributed by atoms with Gasteiger partial charge in [-0.25, -0.2) is 0 Å². The molecule has 7 nitrogen and oxygen atoms in total. The molecule has 2 fully saturated rings. The van der Waals surface area contributed by atoms with Crippen molar-refractivity contribution < 1.29 is 14.6 Å². The van der Waals surface area contributed by atoms with Gasteiger partial charge in [-0.05, 0) is 71.2 Å². The van der Waals surface area contributed by atoms with Gasteiger partial charge in [0.2, 0.25) is 0 Å². The van der Waals surface area contributed by atoms with Crippen LogP contribution in [-0.2, 0) is 4.74 Å². The van der Waals surface area contributed by atoms with E-state index in [4.69, 9.17) is 4.74 Å². The van der Waals surface area contributed by atoms with Crippen LogP contribution in [0.25, 0.3) is 0 Å². The number of amides is 1. The summed E-state index contributed by atoms with van der Waals surface area (Å²) in [4.78, 5) is 27.9. The fourth-order valence-electron chi connectivity index (χ4n) is 4.65. The van der Waals surface area contributed by atoms with Crippen molar-refractivity contribution in [3.05, 3.63) is 33.2 Å². The van der Waals surface area contributed by atoms with Gasteiger partial charge in [-0.2, -0.15) is 0 Å². The second-order valence-electron chi connectivity index (χ2n) is 9.36. The number of nitrogens with zero attached hydrogens (tertiary/aromatic N) is 2. The molecule has 3 rings (SSSR count). The van der Waals surface area contributed by atoms with E-state index in [0.29, 0.717) is 45.1 Å². The minimum atomic E-state index is -0.626. The highest BCUT2D eigenvalue weighted by atomic mass is 16.5. The molecular formula is C23H37N3O4. The Morgan fingerprint density at radius 3 is 2.50 bits per heavy atom. The SMILES string of the molecule is Cc1cc(C(=O)NCC2CCN(CC3(O)CCOCC3)CC2)c(=O)n(C(C)C)c1C. The van der Waals surface area contributed by atoms with Crippen molar-refractivity contribution in [3.63, 3.8) is 0 Å². The number of pyridine rings is 1. The number of ether oxygens (including phenoxy) is 1. The topological polar surface area (TPSA) is 83.8 Å². The predicted molar refractivity (Wildman–Crippen MR) is 117 cm³/mol. The Balaban J connectivity index is 1.52.